The van der Waals surface area contributed by atoms with Crippen molar-refractivity contribution in [2.75, 3.05) is 20.2 Å². The zero-order valence-electron chi connectivity index (χ0n) is 15.1. The van der Waals surface area contributed by atoms with Crippen molar-refractivity contribution in [3.8, 4) is 5.75 Å². The highest BCUT2D eigenvalue weighted by Gasteiger charge is 2.25. The number of ether oxygens (including phenoxy) is 1. The van der Waals surface area contributed by atoms with Crippen LogP contribution in [0.15, 0.2) is 54.6 Å². The summed E-state index contributed by atoms with van der Waals surface area (Å²) < 4.78 is 4.61. The van der Waals surface area contributed by atoms with Gasteiger partial charge < -0.3 is 9.84 Å². The monoisotopic (exact) mass is 351 g/mol. The molecule has 0 radical (unpaired) electrons. The Bertz CT molecular complexity index is 767. The highest BCUT2D eigenvalue weighted by Crippen LogP contribution is 2.32. The number of likely N-dealkylation sites (tertiary alicyclic amines) is 1. The van der Waals surface area contributed by atoms with E-state index >= 15 is 0 Å². The van der Waals surface area contributed by atoms with Crippen LogP contribution in [-0.2, 0) is 16.0 Å². The largest absolute Gasteiger partial charge is 0.508 e. The van der Waals surface area contributed by atoms with Crippen molar-refractivity contribution in [1.29, 1.82) is 0 Å². The van der Waals surface area contributed by atoms with Crippen molar-refractivity contribution in [2.45, 2.75) is 25.3 Å². The summed E-state index contributed by atoms with van der Waals surface area (Å²) in [4.78, 5) is 13.7. The molecule has 0 aliphatic carbocycles. The minimum atomic E-state index is -0.347. The predicted octanol–water partition coefficient (Wildman–Crippen LogP) is 3.96. The fourth-order valence-corrected chi connectivity index (χ4v) is 3.52. The highest BCUT2D eigenvalue weighted by molar-refractivity contribution is 5.86. The molecule has 1 saturated heterocycles. The predicted molar refractivity (Wildman–Crippen MR) is 103 cm³/mol. The van der Waals surface area contributed by atoms with Gasteiger partial charge in [-0.05, 0) is 54.6 Å². The summed E-state index contributed by atoms with van der Waals surface area (Å²) in [5.41, 5.74) is 3.29. The van der Waals surface area contributed by atoms with Crippen LogP contribution in [0.2, 0.25) is 0 Å². The standard InChI is InChI=1S/C22H25NO3/c1-26-22(25)13-10-17-8-11-18(12-9-17)20-6-4-15-23(20)16-14-19-5-2-3-7-21(19)24/h2-3,5,7-13,20,24H,4,6,14-16H2,1H3/b13-10+. The Labute approximate surface area is 154 Å². The third-order valence-electron chi connectivity index (χ3n) is 4.96. The van der Waals surface area contributed by atoms with Crippen LogP contribution in [0, 0.1) is 0 Å². The molecule has 4 heteroatoms. The molecule has 1 N–H and O–H groups in total. The Balaban J connectivity index is 1.63. The Morgan fingerprint density at radius 1 is 1.23 bits per heavy atom. The first-order chi connectivity index (χ1) is 12.7. The molecule has 1 fully saturated rings. The smallest absolute Gasteiger partial charge is 0.330 e. The summed E-state index contributed by atoms with van der Waals surface area (Å²) >= 11 is 0. The lowest BCUT2D eigenvalue weighted by Gasteiger charge is -2.25. The van der Waals surface area contributed by atoms with Gasteiger partial charge in [0.25, 0.3) is 0 Å². The van der Waals surface area contributed by atoms with E-state index in [1.807, 2.05) is 30.3 Å². The number of aromatic hydroxyl groups is 1. The molecule has 0 saturated carbocycles. The maximum atomic E-state index is 11.2. The maximum absolute atomic E-state index is 11.2. The molecule has 1 atom stereocenters. The fraction of sp³-hybridized carbons (Fsp3) is 0.318. The molecule has 1 aliphatic rings. The first-order valence-corrected chi connectivity index (χ1v) is 9.04. The summed E-state index contributed by atoms with van der Waals surface area (Å²) in [6, 6.07) is 16.3. The van der Waals surface area contributed by atoms with Gasteiger partial charge in [-0.2, -0.15) is 0 Å². The number of hydrogen-bond acceptors (Lipinski definition) is 4. The number of nitrogens with zero attached hydrogens (tertiary/aromatic N) is 1. The van der Waals surface area contributed by atoms with Crippen LogP contribution < -0.4 is 0 Å². The van der Waals surface area contributed by atoms with Gasteiger partial charge in [-0.1, -0.05) is 42.5 Å². The van der Waals surface area contributed by atoms with Gasteiger partial charge in [0.1, 0.15) is 5.75 Å². The summed E-state index contributed by atoms with van der Waals surface area (Å²) in [6.07, 6.45) is 6.39. The number of carbonyl (C=O) groups excluding carboxylic acids is 1. The van der Waals surface area contributed by atoms with Crippen LogP contribution in [0.5, 0.6) is 5.75 Å². The van der Waals surface area contributed by atoms with E-state index in [1.165, 1.54) is 25.2 Å². The van der Waals surface area contributed by atoms with E-state index in [1.54, 1.807) is 12.1 Å². The van der Waals surface area contributed by atoms with Crippen molar-refractivity contribution in [3.63, 3.8) is 0 Å². The number of methoxy groups -OCH3 is 1. The lowest BCUT2D eigenvalue weighted by atomic mass is 10.0. The molecule has 0 aromatic heterocycles. The molecule has 1 aliphatic heterocycles. The normalized spacial score (nSPS) is 17.7. The molecule has 136 valence electrons. The van der Waals surface area contributed by atoms with Crippen LogP contribution in [0.3, 0.4) is 0 Å². The van der Waals surface area contributed by atoms with Crippen molar-refractivity contribution in [2.24, 2.45) is 0 Å². The summed E-state index contributed by atoms with van der Waals surface area (Å²) in [5.74, 6) is 0.0326. The number of esters is 1. The van der Waals surface area contributed by atoms with Gasteiger partial charge in [0.15, 0.2) is 0 Å². The summed E-state index contributed by atoms with van der Waals surface area (Å²) in [6.45, 7) is 2.02. The minimum absolute atomic E-state index is 0.347. The second-order valence-electron chi connectivity index (χ2n) is 6.60. The van der Waals surface area contributed by atoms with Gasteiger partial charge >= 0.3 is 5.97 Å². The average Bonchev–Trinajstić information content (AvgIpc) is 3.14. The van der Waals surface area contributed by atoms with E-state index in [9.17, 15) is 9.90 Å². The number of hydrogen-bond donors (Lipinski definition) is 1. The van der Waals surface area contributed by atoms with E-state index in [4.69, 9.17) is 0 Å². The molecule has 2 aromatic rings. The number of benzene rings is 2. The van der Waals surface area contributed by atoms with Crippen LogP contribution >= 0.6 is 0 Å². The van der Waals surface area contributed by atoms with E-state index in [0.29, 0.717) is 11.8 Å². The van der Waals surface area contributed by atoms with Gasteiger partial charge in [-0.25, -0.2) is 4.79 Å². The van der Waals surface area contributed by atoms with E-state index in [2.05, 4.69) is 21.8 Å². The highest BCUT2D eigenvalue weighted by atomic mass is 16.5. The van der Waals surface area contributed by atoms with Crippen LogP contribution in [-0.4, -0.2) is 36.2 Å². The van der Waals surface area contributed by atoms with Crippen molar-refractivity contribution in [1.82, 2.24) is 4.90 Å². The third-order valence-corrected chi connectivity index (χ3v) is 4.96. The van der Waals surface area contributed by atoms with Crippen LogP contribution in [0.1, 0.15) is 35.6 Å². The lowest BCUT2D eigenvalue weighted by molar-refractivity contribution is -0.134. The number of rotatable bonds is 6. The Hall–Kier alpha value is -2.59. The lowest BCUT2D eigenvalue weighted by Crippen LogP contribution is -2.25. The molecule has 26 heavy (non-hydrogen) atoms. The topological polar surface area (TPSA) is 49.8 Å². The summed E-state index contributed by atoms with van der Waals surface area (Å²) in [7, 11) is 1.37. The van der Waals surface area contributed by atoms with Gasteiger partial charge in [-0.3, -0.25) is 4.90 Å². The molecule has 0 amide bonds. The first-order valence-electron chi connectivity index (χ1n) is 9.04. The van der Waals surface area contributed by atoms with E-state index < -0.39 is 0 Å². The molecule has 1 unspecified atom stereocenters. The zero-order valence-corrected chi connectivity index (χ0v) is 15.1. The molecule has 4 nitrogen and oxygen atoms in total. The van der Waals surface area contributed by atoms with E-state index in [-0.39, 0.29) is 5.97 Å². The number of para-hydroxylation sites is 1. The zero-order chi connectivity index (χ0) is 18.4. The second-order valence-corrected chi connectivity index (χ2v) is 6.60. The molecule has 0 spiro atoms. The van der Waals surface area contributed by atoms with E-state index in [0.717, 1.165) is 37.1 Å². The van der Waals surface area contributed by atoms with Crippen LogP contribution in [0.25, 0.3) is 6.08 Å². The fourth-order valence-electron chi connectivity index (χ4n) is 3.52. The van der Waals surface area contributed by atoms with Crippen LogP contribution in [0.4, 0.5) is 0 Å². The molecular formula is C22H25NO3. The van der Waals surface area contributed by atoms with Crippen molar-refractivity contribution >= 4 is 12.0 Å². The SMILES string of the molecule is COC(=O)/C=C/c1ccc(C2CCCN2CCc2ccccc2O)cc1. The number of carbonyl (C=O) groups is 1. The van der Waals surface area contributed by atoms with Gasteiger partial charge in [0.2, 0.25) is 0 Å². The maximum Gasteiger partial charge on any atom is 0.330 e. The Morgan fingerprint density at radius 2 is 2.00 bits per heavy atom. The second kappa shape index (κ2) is 8.68. The quantitative estimate of drug-likeness (QED) is 0.632. The summed E-state index contributed by atoms with van der Waals surface area (Å²) in [5, 5.41) is 9.95. The average molecular weight is 351 g/mol. The third kappa shape index (κ3) is 4.52. The first kappa shape index (κ1) is 18.2. The Morgan fingerprint density at radius 3 is 2.73 bits per heavy atom. The molecule has 0 bridgehead atoms. The van der Waals surface area contributed by atoms with Crippen molar-refractivity contribution in [3.05, 3.63) is 71.3 Å². The molecule has 1 heterocycles. The molecule has 2 aromatic carbocycles. The number of phenolic OH excluding ortho intramolecular Hbond substituents is 1. The van der Waals surface area contributed by atoms with Gasteiger partial charge in [0, 0.05) is 18.7 Å². The molecular weight excluding hydrogens is 326 g/mol. The molecule has 3 rings (SSSR count). The number of phenols is 1. The van der Waals surface area contributed by atoms with Gasteiger partial charge in [0.05, 0.1) is 7.11 Å². The minimum Gasteiger partial charge on any atom is -0.508 e. The van der Waals surface area contributed by atoms with Gasteiger partial charge in [-0.15, -0.1) is 0 Å². The Kier molecular flexibility index (Phi) is 6.08. The van der Waals surface area contributed by atoms with Crippen molar-refractivity contribution < 1.29 is 14.6 Å².